The lowest BCUT2D eigenvalue weighted by Crippen LogP contribution is -2.29. The third-order valence-corrected chi connectivity index (χ3v) is 3.22. The van der Waals surface area contributed by atoms with Gasteiger partial charge in [0.15, 0.2) is 5.16 Å². The van der Waals surface area contributed by atoms with E-state index < -0.39 is 0 Å². The maximum Gasteiger partial charge on any atom is 0.254 e. The van der Waals surface area contributed by atoms with E-state index in [0.717, 1.165) is 19.6 Å². The van der Waals surface area contributed by atoms with E-state index in [1.807, 2.05) is 6.26 Å². The van der Waals surface area contributed by atoms with Crippen LogP contribution in [-0.2, 0) is 4.74 Å². The fourth-order valence-electron chi connectivity index (χ4n) is 1.62. The summed E-state index contributed by atoms with van der Waals surface area (Å²) in [7, 11) is 0. The number of aromatic nitrogens is 2. The fourth-order valence-corrected chi connectivity index (χ4v) is 1.94. The van der Waals surface area contributed by atoms with Crippen LogP contribution in [0.1, 0.15) is 16.8 Å². The molecule has 17 heavy (non-hydrogen) atoms. The van der Waals surface area contributed by atoms with Crippen molar-refractivity contribution in [1.29, 1.82) is 0 Å². The average Bonchev–Trinajstić information content (AvgIpc) is 2.89. The van der Waals surface area contributed by atoms with E-state index in [2.05, 4.69) is 15.3 Å². The summed E-state index contributed by atoms with van der Waals surface area (Å²) in [5.74, 6) is 0.315. The topological polar surface area (TPSA) is 64.1 Å². The minimum Gasteiger partial charge on any atom is -0.381 e. The molecule has 2 rings (SSSR count). The predicted octanol–water partition coefficient (Wildman–Crippen LogP) is 0.965. The molecule has 0 unspecified atom stereocenters. The van der Waals surface area contributed by atoms with Gasteiger partial charge in [-0.3, -0.25) is 4.79 Å². The summed E-state index contributed by atoms with van der Waals surface area (Å²) in [6.07, 6.45) is 6.02. The van der Waals surface area contributed by atoms with E-state index in [1.165, 1.54) is 11.8 Å². The Balaban J connectivity index is 1.85. The van der Waals surface area contributed by atoms with Gasteiger partial charge < -0.3 is 10.1 Å². The van der Waals surface area contributed by atoms with Gasteiger partial charge in [-0.2, -0.15) is 0 Å². The molecule has 1 atom stereocenters. The van der Waals surface area contributed by atoms with Crippen molar-refractivity contribution in [1.82, 2.24) is 15.3 Å². The standard InChI is InChI=1S/C11H15N3O2S/c1-17-11-13-5-9(6-14-11)10(15)12-4-8-2-3-16-7-8/h5-6,8H,2-4,7H2,1H3,(H,12,15)/t8-/m1/s1. The molecule has 1 aliphatic rings. The molecule has 0 radical (unpaired) electrons. The van der Waals surface area contributed by atoms with E-state index in [4.69, 9.17) is 4.74 Å². The first kappa shape index (κ1) is 12.3. The molecule has 0 spiro atoms. The molecule has 1 fully saturated rings. The van der Waals surface area contributed by atoms with Crippen LogP contribution >= 0.6 is 11.8 Å². The first-order valence-electron chi connectivity index (χ1n) is 5.51. The lowest BCUT2D eigenvalue weighted by Gasteiger charge is -2.09. The van der Waals surface area contributed by atoms with Crippen molar-refractivity contribution in [3.8, 4) is 0 Å². The van der Waals surface area contributed by atoms with Gasteiger partial charge in [0.25, 0.3) is 5.91 Å². The number of hydrogen-bond donors (Lipinski definition) is 1. The molecule has 92 valence electrons. The summed E-state index contributed by atoms with van der Waals surface area (Å²) in [6.45, 7) is 2.19. The third kappa shape index (κ3) is 3.41. The van der Waals surface area contributed by atoms with Gasteiger partial charge in [-0.25, -0.2) is 9.97 Å². The highest BCUT2D eigenvalue weighted by Crippen LogP contribution is 2.11. The number of rotatable bonds is 4. The molecule has 1 saturated heterocycles. The number of nitrogens with zero attached hydrogens (tertiary/aromatic N) is 2. The van der Waals surface area contributed by atoms with Crippen LogP contribution in [-0.4, -0.2) is 41.9 Å². The maximum absolute atomic E-state index is 11.8. The molecule has 0 saturated carbocycles. The second-order valence-corrected chi connectivity index (χ2v) is 4.67. The number of hydrogen-bond acceptors (Lipinski definition) is 5. The number of amides is 1. The van der Waals surface area contributed by atoms with Crippen LogP contribution in [0.3, 0.4) is 0 Å². The van der Waals surface area contributed by atoms with E-state index in [0.29, 0.717) is 23.2 Å². The smallest absolute Gasteiger partial charge is 0.254 e. The Labute approximate surface area is 104 Å². The van der Waals surface area contributed by atoms with Gasteiger partial charge in [0.1, 0.15) is 0 Å². The van der Waals surface area contributed by atoms with E-state index >= 15 is 0 Å². The molecule has 0 aromatic carbocycles. The zero-order valence-corrected chi connectivity index (χ0v) is 10.5. The van der Waals surface area contributed by atoms with Crippen molar-refractivity contribution in [2.24, 2.45) is 5.92 Å². The molecule has 1 N–H and O–H groups in total. The highest BCUT2D eigenvalue weighted by atomic mass is 32.2. The van der Waals surface area contributed by atoms with Crippen LogP contribution in [0, 0.1) is 5.92 Å². The minimum atomic E-state index is -0.121. The minimum absolute atomic E-state index is 0.121. The zero-order chi connectivity index (χ0) is 12.1. The highest BCUT2D eigenvalue weighted by molar-refractivity contribution is 7.98. The Morgan fingerprint density at radius 2 is 2.35 bits per heavy atom. The summed E-state index contributed by atoms with van der Waals surface area (Å²) < 4.78 is 5.25. The van der Waals surface area contributed by atoms with Crippen molar-refractivity contribution >= 4 is 17.7 Å². The van der Waals surface area contributed by atoms with Crippen molar-refractivity contribution in [2.45, 2.75) is 11.6 Å². The Bertz CT molecular complexity index is 377. The number of thioether (sulfide) groups is 1. The maximum atomic E-state index is 11.8. The quantitative estimate of drug-likeness (QED) is 0.639. The Morgan fingerprint density at radius 3 is 2.94 bits per heavy atom. The molecule has 5 nitrogen and oxygen atoms in total. The number of ether oxygens (including phenoxy) is 1. The highest BCUT2D eigenvalue weighted by Gasteiger charge is 2.16. The molecular weight excluding hydrogens is 238 g/mol. The van der Waals surface area contributed by atoms with Gasteiger partial charge in [0.2, 0.25) is 0 Å². The summed E-state index contributed by atoms with van der Waals surface area (Å²) >= 11 is 1.45. The molecule has 1 amide bonds. The van der Waals surface area contributed by atoms with Gasteiger partial charge in [0, 0.05) is 31.5 Å². The SMILES string of the molecule is CSc1ncc(C(=O)NC[C@H]2CCOC2)cn1. The largest absolute Gasteiger partial charge is 0.381 e. The first-order valence-corrected chi connectivity index (χ1v) is 6.74. The Kier molecular flexibility index (Phi) is 4.33. The van der Waals surface area contributed by atoms with Crippen molar-refractivity contribution in [2.75, 3.05) is 26.0 Å². The summed E-state index contributed by atoms with van der Waals surface area (Å²) in [5, 5.41) is 3.54. The second-order valence-electron chi connectivity index (χ2n) is 3.90. The zero-order valence-electron chi connectivity index (χ0n) is 9.68. The van der Waals surface area contributed by atoms with Crippen molar-refractivity contribution in [3.05, 3.63) is 18.0 Å². The summed E-state index contributed by atoms with van der Waals surface area (Å²) in [6, 6.07) is 0. The van der Waals surface area contributed by atoms with E-state index in [1.54, 1.807) is 12.4 Å². The van der Waals surface area contributed by atoms with E-state index in [9.17, 15) is 4.79 Å². The molecule has 1 aromatic rings. The van der Waals surface area contributed by atoms with Gasteiger partial charge in [-0.15, -0.1) is 0 Å². The van der Waals surface area contributed by atoms with Crippen LogP contribution in [0.25, 0.3) is 0 Å². The summed E-state index contributed by atoms with van der Waals surface area (Å²) in [4.78, 5) is 19.9. The average molecular weight is 253 g/mol. The van der Waals surface area contributed by atoms with Crippen LogP contribution in [0.15, 0.2) is 17.6 Å². The number of carbonyl (C=O) groups excluding carboxylic acids is 1. The lowest BCUT2D eigenvalue weighted by molar-refractivity contribution is 0.0944. The molecule has 0 aliphatic carbocycles. The first-order chi connectivity index (χ1) is 8.29. The molecule has 2 heterocycles. The van der Waals surface area contributed by atoms with Gasteiger partial charge >= 0.3 is 0 Å². The van der Waals surface area contributed by atoms with Gasteiger partial charge in [-0.05, 0) is 12.7 Å². The lowest BCUT2D eigenvalue weighted by atomic mass is 10.1. The summed E-state index contributed by atoms with van der Waals surface area (Å²) in [5.41, 5.74) is 0.502. The van der Waals surface area contributed by atoms with Crippen LogP contribution in [0.2, 0.25) is 0 Å². The van der Waals surface area contributed by atoms with Crippen molar-refractivity contribution in [3.63, 3.8) is 0 Å². The second kappa shape index (κ2) is 5.97. The van der Waals surface area contributed by atoms with Crippen LogP contribution < -0.4 is 5.32 Å². The predicted molar refractivity (Wildman–Crippen MR) is 65.1 cm³/mol. The Hall–Kier alpha value is -1.14. The van der Waals surface area contributed by atoms with Crippen molar-refractivity contribution < 1.29 is 9.53 Å². The molecule has 0 bridgehead atoms. The van der Waals surface area contributed by atoms with Gasteiger partial charge in [0.05, 0.1) is 12.2 Å². The number of carbonyl (C=O) groups is 1. The van der Waals surface area contributed by atoms with Crippen LogP contribution in [0.4, 0.5) is 0 Å². The molecule has 1 aliphatic heterocycles. The van der Waals surface area contributed by atoms with E-state index in [-0.39, 0.29) is 5.91 Å². The monoisotopic (exact) mass is 253 g/mol. The van der Waals surface area contributed by atoms with Gasteiger partial charge in [-0.1, -0.05) is 11.8 Å². The van der Waals surface area contributed by atoms with Crippen LogP contribution in [0.5, 0.6) is 0 Å². The number of nitrogens with one attached hydrogen (secondary N) is 1. The molecular formula is C11H15N3O2S. The fraction of sp³-hybridized carbons (Fsp3) is 0.545. The molecule has 6 heteroatoms. The Morgan fingerprint density at radius 1 is 1.59 bits per heavy atom. The normalized spacial score (nSPS) is 19.2. The third-order valence-electron chi connectivity index (χ3n) is 2.65. The molecule has 1 aromatic heterocycles.